The van der Waals surface area contributed by atoms with E-state index >= 15 is 0 Å². The Bertz CT molecular complexity index is 525. The molecule has 0 saturated carbocycles. The first-order chi connectivity index (χ1) is 9.63. The molecule has 2 aliphatic heterocycles. The summed E-state index contributed by atoms with van der Waals surface area (Å²) in [6, 6.07) is 1.15. The number of nitrogens with one attached hydrogen (secondary N) is 1. The van der Waals surface area contributed by atoms with E-state index < -0.39 is 0 Å². The van der Waals surface area contributed by atoms with Crippen LogP contribution in [0.4, 0.5) is 5.82 Å². The molecule has 1 N–H and O–H groups in total. The zero-order valence-corrected chi connectivity index (χ0v) is 12.4. The highest BCUT2D eigenvalue weighted by molar-refractivity contribution is 5.36. The van der Waals surface area contributed by atoms with Gasteiger partial charge in [-0.1, -0.05) is 13.8 Å². The Balaban J connectivity index is 1.84. The van der Waals surface area contributed by atoms with Crippen molar-refractivity contribution in [3.8, 4) is 0 Å². The predicted molar refractivity (Wildman–Crippen MR) is 80.1 cm³/mol. The summed E-state index contributed by atoms with van der Waals surface area (Å²) in [6.45, 7) is 6.85. The molecule has 5 nitrogen and oxygen atoms in total. The van der Waals surface area contributed by atoms with Gasteiger partial charge in [-0.15, -0.1) is 0 Å². The van der Waals surface area contributed by atoms with E-state index in [1.165, 1.54) is 12.8 Å². The topological polar surface area (TPSA) is 50.2 Å². The van der Waals surface area contributed by atoms with Crippen molar-refractivity contribution in [2.24, 2.45) is 5.92 Å². The highest BCUT2D eigenvalue weighted by atomic mass is 16.1. The average Bonchev–Trinajstić information content (AvgIpc) is 2.72. The van der Waals surface area contributed by atoms with Crippen molar-refractivity contribution in [1.29, 1.82) is 0 Å². The minimum absolute atomic E-state index is 0.0546. The largest absolute Gasteiger partial charge is 0.350 e. The third-order valence-corrected chi connectivity index (χ3v) is 4.28. The first-order valence-corrected chi connectivity index (χ1v) is 7.70. The molecule has 3 heterocycles. The minimum atomic E-state index is 0.0546. The lowest BCUT2D eigenvalue weighted by Gasteiger charge is -2.25. The number of fused-ring (bicyclic) bond motifs is 2. The second-order valence-electron chi connectivity index (χ2n) is 6.47. The number of rotatable bonds is 3. The van der Waals surface area contributed by atoms with Gasteiger partial charge in [-0.05, 0) is 25.2 Å². The molecular weight excluding hydrogens is 252 g/mol. The van der Waals surface area contributed by atoms with Crippen LogP contribution in [0.1, 0.15) is 33.1 Å². The van der Waals surface area contributed by atoms with Crippen LogP contribution >= 0.6 is 0 Å². The maximum absolute atomic E-state index is 12.6. The van der Waals surface area contributed by atoms with Crippen LogP contribution in [0.15, 0.2) is 17.2 Å². The molecule has 3 rings (SSSR count). The molecule has 5 heteroatoms. The summed E-state index contributed by atoms with van der Waals surface area (Å²) in [5.41, 5.74) is 0.0546. The summed E-state index contributed by atoms with van der Waals surface area (Å²) < 4.78 is 1.80. The molecule has 1 aromatic heterocycles. The summed E-state index contributed by atoms with van der Waals surface area (Å²) in [6.07, 6.45) is 7.16. The van der Waals surface area contributed by atoms with Gasteiger partial charge in [0.25, 0.3) is 5.56 Å². The lowest BCUT2D eigenvalue weighted by Crippen LogP contribution is -2.39. The summed E-state index contributed by atoms with van der Waals surface area (Å²) in [4.78, 5) is 19.1. The Morgan fingerprint density at radius 3 is 2.95 bits per heavy atom. The maximum Gasteiger partial charge on any atom is 0.293 e. The quantitative estimate of drug-likeness (QED) is 0.902. The van der Waals surface area contributed by atoms with Crippen LogP contribution in [-0.2, 0) is 6.54 Å². The number of hydrogen-bond acceptors (Lipinski definition) is 4. The highest BCUT2D eigenvalue weighted by Crippen LogP contribution is 2.22. The van der Waals surface area contributed by atoms with Crippen molar-refractivity contribution in [2.45, 2.75) is 51.7 Å². The highest BCUT2D eigenvalue weighted by Gasteiger charge is 2.30. The summed E-state index contributed by atoms with van der Waals surface area (Å²) in [5, 5.41) is 3.64. The molecule has 110 valence electrons. The molecule has 2 atom stereocenters. The first kappa shape index (κ1) is 13.6. The number of hydrogen-bond donors (Lipinski definition) is 1. The number of anilines is 1. The van der Waals surface area contributed by atoms with E-state index in [0.717, 1.165) is 26.1 Å². The molecule has 0 aromatic carbocycles. The molecule has 1 aromatic rings. The third kappa shape index (κ3) is 2.73. The molecule has 2 aliphatic rings. The van der Waals surface area contributed by atoms with Crippen molar-refractivity contribution in [3.63, 3.8) is 0 Å². The van der Waals surface area contributed by atoms with Gasteiger partial charge < -0.3 is 14.8 Å². The Morgan fingerprint density at radius 1 is 1.35 bits per heavy atom. The van der Waals surface area contributed by atoms with Crippen LogP contribution < -0.4 is 15.8 Å². The van der Waals surface area contributed by atoms with Gasteiger partial charge >= 0.3 is 0 Å². The minimum Gasteiger partial charge on any atom is -0.350 e. The van der Waals surface area contributed by atoms with E-state index in [1.54, 1.807) is 17.0 Å². The molecular formula is C15H24N4O. The van der Waals surface area contributed by atoms with Gasteiger partial charge in [-0.3, -0.25) is 4.79 Å². The Hall–Kier alpha value is -1.36. The normalized spacial score (nSPS) is 26.1. The molecule has 2 saturated heterocycles. The van der Waals surface area contributed by atoms with Crippen LogP contribution in [0.25, 0.3) is 0 Å². The fourth-order valence-electron chi connectivity index (χ4n) is 3.33. The third-order valence-electron chi connectivity index (χ3n) is 4.28. The average molecular weight is 276 g/mol. The second kappa shape index (κ2) is 5.56. The zero-order chi connectivity index (χ0) is 14.1. The van der Waals surface area contributed by atoms with Crippen molar-refractivity contribution in [1.82, 2.24) is 14.9 Å². The predicted octanol–water partition coefficient (Wildman–Crippen LogP) is 1.23. The molecule has 2 bridgehead atoms. The zero-order valence-electron chi connectivity index (χ0n) is 12.4. The Labute approximate surface area is 120 Å². The summed E-state index contributed by atoms with van der Waals surface area (Å²) >= 11 is 0. The van der Waals surface area contributed by atoms with Gasteiger partial charge in [-0.2, -0.15) is 0 Å². The van der Waals surface area contributed by atoms with Gasteiger partial charge in [0, 0.05) is 44.1 Å². The van der Waals surface area contributed by atoms with Gasteiger partial charge in [-0.25, -0.2) is 4.98 Å². The van der Waals surface area contributed by atoms with E-state index in [9.17, 15) is 4.79 Å². The van der Waals surface area contributed by atoms with Gasteiger partial charge in [0.05, 0.1) is 0 Å². The van der Waals surface area contributed by atoms with Crippen LogP contribution in [0.2, 0.25) is 0 Å². The second-order valence-corrected chi connectivity index (χ2v) is 6.47. The molecule has 20 heavy (non-hydrogen) atoms. The lowest BCUT2D eigenvalue weighted by molar-refractivity contribution is 0.506. The fourth-order valence-corrected chi connectivity index (χ4v) is 3.33. The van der Waals surface area contributed by atoms with E-state index in [2.05, 4.69) is 29.0 Å². The van der Waals surface area contributed by atoms with Crippen molar-refractivity contribution >= 4 is 5.82 Å². The van der Waals surface area contributed by atoms with E-state index in [4.69, 9.17) is 0 Å². The molecule has 0 spiro atoms. The molecule has 2 fully saturated rings. The fraction of sp³-hybridized carbons (Fsp3) is 0.733. The van der Waals surface area contributed by atoms with Crippen molar-refractivity contribution < 1.29 is 0 Å². The summed E-state index contributed by atoms with van der Waals surface area (Å²) in [7, 11) is 0. The molecule has 0 aliphatic carbocycles. The number of aromatic nitrogens is 2. The van der Waals surface area contributed by atoms with Gasteiger partial charge in [0.15, 0.2) is 5.82 Å². The number of nitrogens with zero attached hydrogens (tertiary/aromatic N) is 3. The standard InChI is InChI=1S/C15H24N4O/c1-11(2)9-19-8-6-16-14(15(19)20)18-7-5-12-3-4-13(10-18)17-12/h6,8,11-13,17H,3-5,7,9-10H2,1-2H3. The lowest BCUT2D eigenvalue weighted by atomic mass is 10.1. The van der Waals surface area contributed by atoms with E-state index in [0.29, 0.717) is 23.8 Å². The van der Waals surface area contributed by atoms with Crippen LogP contribution in [0.5, 0.6) is 0 Å². The van der Waals surface area contributed by atoms with Gasteiger partial charge in [0.2, 0.25) is 0 Å². The van der Waals surface area contributed by atoms with Crippen molar-refractivity contribution in [2.75, 3.05) is 18.0 Å². The monoisotopic (exact) mass is 276 g/mol. The van der Waals surface area contributed by atoms with E-state index in [-0.39, 0.29) is 5.56 Å². The van der Waals surface area contributed by atoms with Crippen LogP contribution in [0.3, 0.4) is 0 Å². The van der Waals surface area contributed by atoms with Gasteiger partial charge in [0.1, 0.15) is 0 Å². The SMILES string of the molecule is CC(C)Cn1ccnc(N2CCC3CCC(C2)N3)c1=O. The first-order valence-electron chi connectivity index (χ1n) is 7.70. The maximum atomic E-state index is 12.6. The Morgan fingerprint density at radius 2 is 2.15 bits per heavy atom. The van der Waals surface area contributed by atoms with Crippen molar-refractivity contribution in [3.05, 3.63) is 22.7 Å². The Kier molecular flexibility index (Phi) is 3.78. The molecule has 0 radical (unpaired) electrons. The van der Waals surface area contributed by atoms with Crippen LogP contribution in [-0.4, -0.2) is 34.7 Å². The molecule has 2 unspecified atom stereocenters. The summed E-state index contributed by atoms with van der Waals surface area (Å²) in [5.74, 6) is 1.09. The molecule has 0 amide bonds. The van der Waals surface area contributed by atoms with E-state index in [1.807, 2.05) is 0 Å². The van der Waals surface area contributed by atoms with Crippen LogP contribution in [0, 0.1) is 5.92 Å². The smallest absolute Gasteiger partial charge is 0.293 e.